The Bertz CT molecular complexity index is 755. The molecule has 0 saturated carbocycles. The van der Waals surface area contributed by atoms with Gasteiger partial charge in [0.05, 0.1) is 11.4 Å². The van der Waals surface area contributed by atoms with Crippen molar-refractivity contribution in [1.82, 2.24) is 19.6 Å². The van der Waals surface area contributed by atoms with Crippen molar-refractivity contribution in [2.24, 2.45) is 11.8 Å². The van der Waals surface area contributed by atoms with Crippen molar-refractivity contribution < 1.29 is 4.79 Å². The summed E-state index contributed by atoms with van der Waals surface area (Å²) >= 11 is 1.68. The summed E-state index contributed by atoms with van der Waals surface area (Å²) in [5.74, 6) is 3.17. The Balaban J connectivity index is 0.00000131. The Morgan fingerprint density at radius 3 is 2.59 bits per heavy atom. The number of carbonyl (C=O) groups is 1. The molecule has 2 saturated heterocycles. The second-order valence-electron chi connectivity index (χ2n) is 7.33. The van der Waals surface area contributed by atoms with Crippen molar-refractivity contribution in [3.63, 3.8) is 0 Å². The molecule has 2 fully saturated rings. The Labute approximate surface area is 177 Å². The zero-order valence-electron chi connectivity index (χ0n) is 15.6. The lowest BCUT2D eigenvalue weighted by Gasteiger charge is -2.20. The number of aromatic nitrogens is 2. The molecule has 2 aromatic heterocycles. The van der Waals surface area contributed by atoms with E-state index < -0.39 is 0 Å². The van der Waals surface area contributed by atoms with Gasteiger partial charge in [0.15, 0.2) is 0 Å². The van der Waals surface area contributed by atoms with Crippen LogP contribution in [0.15, 0.2) is 24.5 Å². The van der Waals surface area contributed by atoms with E-state index in [0.29, 0.717) is 5.75 Å². The molecular weight excluding hydrogens is 403 g/mol. The van der Waals surface area contributed by atoms with Crippen molar-refractivity contribution in [3.8, 4) is 0 Å². The van der Waals surface area contributed by atoms with Crippen molar-refractivity contribution in [3.05, 3.63) is 35.8 Å². The zero-order valence-corrected chi connectivity index (χ0v) is 18.0. The fourth-order valence-electron chi connectivity index (χ4n) is 4.03. The largest absolute Gasteiger partial charge is 0.342 e. The monoisotopic (exact) mass is 430 g/mol. The molecule has 150 valence electrons. The van der Waals surface area contributed by atoms with Gasteiger partial charge in [0.2, 0.25) is 5.91 Å². The summed E-state index contributed by atoms with van der Waals surface area (Å²) in [4.78, 5) is 19.3. The van der Waals surface area contributed by atoms with E-state index in [1.807, 2.05) is 6.07 Å². The molecule has 1 N–H and O–H groups in total. The van der Waals surface area contributed by atoms with Crippen LogP contribution in [0.2, 0.25) is 0 Å². The van der Waals surface area contributed by atoms with E-state index in [2.05, 4.69) is 45.0 Å². The highest BCUT2D eigenvalue weighted by molar-refractivity contribution is 7.99. The number of amides is 1. The number of rotatable bonds is 4. The predicted molar refractivity (Wildman–Crippen MR) is 116 cm³/mol. The van der Waals surface area contributed by atoms with Crippen LogP contribution in [0.4, 0.5) is 0 Å². The minimum absolute atomic E-state index is 0. The van der Waals surface area contributed by atoms with Crippen molar-refractivity contribution >= 4 is 48.1 Å². The number of carbonyl (C=O) groups excluding carboxylic acids is 1. The van der Waals surface area contributed by atoms with E-state index in [0.717, 1.165) is 68.0 Å². The lowest BCUT2D eigenvalue weighted by molar-refractivity contribution is -0.128. The van der Waals surface area contributed by atoms with Crippen LogP contribution in [0.5, 0.6) is 0 Å². The van der Waals surface area contributed by atoms with E-state index in [9.17, 15) is 4.79 Å². The average Bonchev–Trinajstić information content (AvgIpc) is 3.16. The van der Waals surface area contributed by atoms with E-state index in [1.54, 1.807) is 11.8 Å². The van der Waals surface area contributed by atoms with Crippen LogP contribution in [-0.2, 0) is 10.5 Å². The molecule has 0 bridgehead atoms. The summed E-state index contributed by atoms with van der Waals surface area (Å²) < 4.78 is 2.06. The van der Waals surface area contributed by atoms with Crippen LogP contribution in [0.3, 0.4) is 0 Å². The molecule has 8 heteroatoms. The lowest BCUT2D eigenvalue weighted by atomic mass is 9.92. The van der Waals surface area contributed by atoms with Gasteiger partial charge in [-0.25, -0.2) is 4.98 Å². The maximum absolute atomic E-state index is 12.5. The Morgan fingerprint density at radius 2 is 1.89 bits per heavy atom. The van der Waals surface area contributed by atoms with Crippen LogP contribution in [-0.4, -0.2) is 52.1 Å². The molecule has 2 aliphatic heterocycles. The van der Waals surface area contributed by atoms with Crippen LogP contribution in [0.25, 0.3) is 5.65 Å². The summed E-state index contributed by atoms with van der Waals surface area (Å²) in [7, 11) is 0. The average molecular weight is 431 g/mol. The number of halogens is 2. The number of imidazole rings is 1. The smallest absolute Gasteiger partial charge is 0.232 e. The van der Waals surface area contributed by atoms with Crippen LogP contribution < -0.4 is 5.32 Å². The Morgan fingerprint density at radius 1 is 1.19 bits per heavy atom. The van der Waals surface area contributed by atoms with Crippen LogP contribution >= 0.6 is 36.6 Å². The van der Waals surface area contributed by atoms with E-state index in [-0.39, 0.29) is 30.7 Å². The molecule has 0 radical (unpaired) electrons. The maximum atomic E-state index is 12.5. The molecule has 2 aromatic rings. The van der Waals surface area contributed by atoms with Gasteiger partial charge in [-0.1, -0.05) is 6.07 Å². The predicted octanol–water partition coefficient (Wildman–Crippen LogP) is 3.18. The van der Waals surface area contributed by atoms with Crippen molar-refractivity contribution in [2.45, 2.75) is 25.5 Å². The highest BCUT2D eigenvalue weighted by Gasteiger charge is 2.31. The standard InChI is InChI=1S/C19H26N4OS.2ClH/c1-14-2-3-18-21-17(11-23(18)10-14)12-25-13-19(24)22-6-4-15-8-20-9-16(15)5-7-22;;/h2-3,10-11,15-16,20H,4-9,12-13H2,1H3;2*1H/t15-,16+;;. The summed E-state index contributed by atoms with van der Waals surface area (Å²) in [5.41, 5.74) is 3.24. The molecular formula is C19H28Cl2N4OS. The second-order valence-corrected chi connectivity index (χ2v) is 8.32. The number of likely N-dealkylation sites (tertiary alicyclic amines) is 1. The number of fused-ring (bicyclic) bond motifs is 2. The van der Waals surface area contributed by atoms with Crippen LogP contribution in [0, 0.1) is 18.8 Å². The number of nitrogens with zero attached hydrogens (tertiary/aromatic N) is 3. The van der Waals surface area contributed by atoms with Gasteiger partial charge in [0.25, 0.3) is 0 Å². The molecule has 2 aliphatic rings. The molecule has 2 atom stereocenters. The van der Waals surface area contributed by atoms with Gasteiger partial charge in [-0.15, -0.1) is 36.6 Å². The van der Waals surface area contributed by atoms with E-state index in [1.165, 1.54) is 5.56 Å². The number of nitrogens with one attached hydrogen (secondary N) is 1. The normalized spacial score (nSPS) is 21.9. The van der Waals surface area contributed by atoms with E-state index >= 15 is 0 Å². The Kier molecular flexibility index (Phi) is 8.28. The first kappa shape index (κ1) is 22.3. The summed E-state index contributed by atoms with van der Waals surface area (Å²) in [6, 6.07) is 4.12. The summed E-state index contributed by atoms with van der Waals surface area (Å²) in [6.45, 7) is 6.20. The zero-order chi connectivity index (χ0) is 17.2. The van der Waals surface area contributed by atoms with Gasteiger partial charge >= 0.3 is 0 Å². The molecule has 0 unspecified atom stereocenters. The number of hydrogen-bond donors (Lipinski definition) is 1. The maximum Gasteiger partial charge on any atom is 0.232 e. The van der Waals surface area contributed by atoms with Crippen molar-refractivity contribution in [2.75, 3.05) is 31.9 Å². The second kappa shape index (κ2) is 10.0. The molecule has 0 spiro atoms. The van der Waals surface area contributed by atoms with Gasteiger partial charge < -0.3 is 14.6 Å². The first-order valence-corrected chi connectivity index (χ1v) is 10.3. The third-order valence-corrected chi connectivity index (χ3v) is 6.45. The molecule has 4 rings (SSSR count). The molecule has 1 amide bonds. The number of aryl methyl sites for hydroxylation is 1. The number of hydrogen-bond acceptors (Lipinski definition) is 4. The quantitative estimate of drug-likeness (QED) is 0.808. The summed E-state index contributed by atoms with van der Waals surface area (Å²) in [5, 5.41) is 3.49. The minimum Gasteiger partial charge on any atom is -0.342 e. The first-order chi connectivity index (χ1) is 12.2. The van der Waals surface area contributed by atoms with E-state index in [4.69, 9.17) is 0 Å². The Hall–Kier alpha value is -0.950. The van der Waals surface area contributed by atoms with Gasteiger partial charge in [0.1, 0.15) is 5.65 Å². The minimum atomic E-state index is 0. The van der Waals surface area contributed by atoms with Gasteiger partial charge in [-0.3, -0.25) is 4.79 Å². The fourth-order valence-corrected chi connectivity index (χ4v) is 4.83. The van der Waals surface area contributed by atoms with Gasteiger partial charge in [-0.05, 0) is 56.3 Å². The lowest BCUT2D eigenvalue weighted by Crippen LogP contribution is -2.34. The third-order valence-electron chi connectivity index (χ3n) is 5.50. The van der Waals surface area contributed by atoms with Crippen LogP contribution in [0.1, 0.15) is 24.1 Å². The summed E-state index contributed by atoms with van der Waals surface area (Å²) in [6.07, 6.45) is 6.46. The van der Waals surface area contributed by atoms with Crippen molar-refractivity contribution in [1.29, 1.82) is 0 Å². The van der Waals surface area contributed by atoms with Gasteiger partial charge in [-0.2, -0.15) is 0 Å². The highest BCUT2D eigenvalue weighted by Crippen LogP contribution is 2.27. The molecule has 4 heterocycles. The number of thioether (sulfide) groups is 1. The van der Waals surface area contributed by atoms with Gasteiger partial charge in [0, 0.05) is 31.2 Å². The molecule has 0 aromatic carbocycles. The third kappa shape index (κ3) is 5.31. The SMILES string of the molecule is Cc1ccc2nc(CSCC(=O)N3CC[C@@H]4CNC[C@@H]4CC3)cn2c1.Cl.Cl. The highest BCUT2D eigenvalue weighted by atomic mass is 35.5. The number of pyridine rings is 1. The molecule has 5 nitrogen and oxygen atoms in total. The fraction of sp³-hybridized carbons (Fsp3) is 0.579. The molecule has 0 aliphatic carbocycles. The molecule has 27 heavy (non-hydrogen) atoms. The topological polar surface area (TPSA) is 49.6 Å². The first-order valence-electron chi connectivity index (χ1n) is 9.19.